The molecule has 0 aliphatic carbocycles. The number of aromatic nitrogens is 2. The second-order valence-corrected chi connectivity index (χ2v) is 5.90. The highest BCUT2D eigenvalue weighted by atomic mass is 19.4. The van der Waals surface area contributed by atoms with Gasteiger partial charge in [-0.25, -0.2) is 0 Å². The van der Waals surface area contributed by atoms with E-state index in [9.17, 15) is 18.0 Å². The number of nitrogens with one attached hydrogen (secondary N) is 2. The lowest BCUT2D eigenvalue weighted by atomic mass is 10.1. The van der Waals surface area contributed by atoms with Gasteiger partial charge in [-0.2, -0.15) is 18.2 Å². The van der Waals surface area contributed by atoms with E-state index >= 15 is 0 Å². The standard InChI is InChI=1S/C16H17F3N4O2/c17-16(18,19)15-22-13(23-25-15)11-1-3-12(4-2-11)14(24)21-8-6-10-5-7-20-9-10/h1-4,10,20H,5-9H2,(H,21,24). The summed E-state index contributed by atoms with van der Waals surface area (Å²) in [6.45, 7) is 2.59. The highest BCUT2D eigenvalue weighted by Gasteiger charge is 2.38. The first-order valence-corrected chi connectivity index (χ1v) is 7.94. The Bertz CT molecular complexity index is 722. The maximum atomic E-state index is 12.5. The molecule has 25 heavy (non-hydrogen) atoms. The molecular formula is C16H17F3N4O2. The van der Waals surface area contributed by atoms with Gasteiger partial charge in [-0.1, -0.05) is 17.3 Å². The van der Waals surface area contributed by atoms with Crippen LogP contribution < -0.4 is 10.6 Å². The van der Waals surface area contributed by atoms with E-state index in [1.54, 1.807) is 0 Å². The Balaban J connectivity index is 1.57. The molecule has 9 heteroatoms. The molecule has 0 bridgehead atoms. The highest BCUT2D eigenvalue weighted by Crippen LogP contribution is 2.29. The third-order valence-corrected chi connectivity index (χ3v) is 4.07. The van der Waals surface area contributed by atoms with Crippen LogP contribution in [0.5, 0.6) is 0 Å². The number of hydrogen-bond acceptors (Lipinski definition) is 5. The molecule has 3 rings (SSSR count). The number of carbonyl (C=O) groups is 1. The summed E-state index contributed by atoms with van der Waals surface area (Å²) in [6, 6.07) is 6.01. The van der Waals surface area contributed by atoms with Gasteiger partial charge in [0.2, 0.25) is 5.82 Å². The molecule has 0 saturated carbocycles. The van der Waals surface area contributed by atoms with Crippen LogP contribution in [0.3, 0.4) is 0 Å². The monoisotopic (exact) mass is 354 g/mol. The van der Waals surface area contributed by atoms with Gasteiger partial charge in [-0.05, 0) is 44.0 Å². The average Bonchev–Trinajstić information content (AvgIpc) is 3.26. The first-order valence-electron chi connectivity index (χ1n) is 7.94. The minimum absolute atomic E-state index is 0.173. The average molecular weight is 354 g/mol. The maximum absolute atomic E-state index is 12.5. The van der Waals surface area contributed by atoms with Gasteiger partial charge in [0.25, 0.3) is 5.91 Å². The molecular weight excluding hydrogens is 337 g/mol. The fourth-order valence-corrected chi connectivity index (χ4v) is 2.68. The van der Waals surface area contributed by atoms with E-state index in [1.165, 1.54) is 24.3 Å². The van der Waals surface area contributed by atoms with Crippen molar-refractivity contribution >= 4 is 5.91 Å². The molecule has 1 unspecified atom stereocenters. The Hall–Kier alpha value is -2.42. The van der Waals surface area contributed by atoms with Crippen molar-refractivity contribution < 1.29 is 22.5 Å². The summed E-state index contributed by atoms with van der Waals surface area (Å²) in [5.74, 6) is -1.20. The van der Waals surface area contributed by atoms with E-state index in [4.69, 9.17) is 0 Å². The van der Waals surface area contributed by atoms with E-state index in [-0.39, 0.29) is 11.7 Å². The van der Waals surface area contributed by atoms with Crippen LogP contribution in [0.2, 0.25) is 0 Å². The Labute approximate surface area is 141 Å². The summed E-state index contributed by atoms with van der Waals surface area (Å²) in [5.41, 5.74) is 0.765. The van der Waals surface area contributed by atoms with Gasteiger partial charge in [0, 0.05) is 17.7 Å². The van der Waals surface area contributed by atoms with Crippen molar-refractivity contribution in [3.63, 3.8) is 0 Å². The van der Waals surface area contributed by atoms with Crippen molar-refractivity contribution in [2.24, 2.45) is 5.92 Å². The summed E-state index contributed by atoms with van der Waals surface area (Å²) in [6.07, 6.45) is -2.64. The lowest BCUT2D eigenvalue weighted by molar-refractivity contribution is -0.159. The van der Waals surface area contributed by atoms with E-state index in [1.807, 2.05) is 0 Å². The quantitative estimate of drug-likeness (QED) is 0.862. The molecule has 2 N–H and O–H groups in total. The molecule has 0 spiro atoms. The van der Waals surface area contributed by atoms with Gasteiger partial charge in [0.1, 0.15) is 0 Å². The molecule has 134 valence electrons. The highest BCUT2D eigenvalue weighted by molar-refractivity contribution is 5.94. The minimum Gasteiger partial charge on any atom is -0.352 e. The van der Waals surface area contributed by atoms with Crippen LogP contribution in [-0.2, 0) is 6.18 Å². The number of hydrogen-bond donors (Lipinski definition) is 2. The van der Waals surface area contributed by atoms with E-state index in [0.29, 0.717) is 23.6 Å². The number of nitrogens with zero attached hydrogens (tertiary/aromatic N) is 2. The van der Waals surface area contributed by atoms with Gasteiger partial charge >= 0.3 is 12.1 Å². The molecule has 2 aromatic rings. The fraction of sp³-hybridized carbons (Fsp3) is 0.438. The zero-order valence-electron chi connectivity index (χ0n) is 13.3. The van der Waals surface area contributed by atoms with Crippen LogP contribution in [0.1, 0.15) is 29.1 Å². The van der Waals surface area contributed by atoms with E-state index in [2.05, 4.69) is 25.3 Å². The maximum Gasteiger partial charge on any atom is 0.471 e. The topological polar surface area (TPSA) is 80.0 Å². The van der Waals surface area contributed by atoms with Crippen LogP contribution in [0.4, 0.5) is 13.2 Å². The zero-order chi connectivity index (χ0) is 17.9. The summed E-state index contributed by atoms with van der Waals surface area (Å²) < 4.78 is 41.6. The van der Waals surface area contributed by atoms with Gasteiger partial charge in [0.05, 0.1) is 0 Å². The lowest BCUT2D eigenvalue weighted by Crippen LogP contribution is -2.26. The van der Waals surface area contributed by atoms with Gasteiger partial charge in [0.15, 0.2) is 0 Å². The van der Waals surface area contributed by atoms with Crippen molar-refractivity contribution in [1.29, 1.82) is 0 Å². The number of rotatable bonds is 5. The van der Waals surface area contributed by atoms with Crippen molar-refractivity contribution in [3.8, 4) is 11.4 Å². The Morgan fingerprint density at radius 2 is 2.08 bits per heavy atom. The normalized spacial score (nSPS) is 17.6. The number of carbonyl (C=O) groups excluding carboxylic acids is 1. The number of amides is 1. The van der Waals surface area contributed by atoms with Crippen LogP contribution >= 0.6 is 0 Å². The molecule has 1 saturated heterocycles. The third-order valence-electron chi connectivity index (χ3n) is 4.07. The number of benzene rings is 1. The van der Waals surface area contributed by atoms with Crippen molar-refractivity contribution in [3.05, 3.63) is 35.7 Å². The summed E-state index contributed by atoms with van der Waals surface area (Å²) >= 11 is 0. The Kier molecular flexibility index (Phi) is 5.03. The SMILES string of the molecule is O=C(NCCC1CCNC1)c1ccc(-c2noc(C(F)(F)F)n2)cc1. The molecule has 0 radical (unpaired) electrons. The first kappa shape index (κ1) is 17.4. The molecule has 6 nitrogen and oxygen atoms in total. The molecule has 1 aromatic carbocycles. The van der Waals surface area contributed by atoms with Crippen LogP contribution in [0, 0.1) is 5.92 Å². The predicted octanol–water partition coefficient (Wildman–Crippen LogP) is 2.48. The largest absolute Gasteiger partial charge is 0.471 e. The number of alkyl halides is 3. The van der Waals surface area contributed by atoms with Crippen molar-refractivity contribution in [2.45, 2.75) is 19.0 Å². The summed E-state index contributed by atoms with van der Waals surface area (Å²) in [4.78, 5) is 15.4. The van der Waals surface area contributed by atoms with Gasteiger partial charge < -0.3 is 15.2 Å². The lowest BCUT2D eigenvalue weighted by Gasteiger charge is -2.09. The second kappa shape index (κ2) is 7.22. The van der Waals surface area contributed by atoms with Gasteiger partial charge in [-0.3, -0.25) is 4.79 Å². The van der Waals surface area contributed by atoms with Crippen LogP contribution in [0.15, 0.2) is 28.8 Å². The third kappa shape index (κ3) is 4.36. The van der Waals surface area contributed by atoms with Crippen LogP contribution in [0.25, 0.3) is 11.4 Å². The Morgan fingerprint density at radius 1 is 1.32 bits per heavy atom. The molecule has 1 aliphatic heterocycles. The van der Waals surface area contributed by atoms with Crippen molar-refractivity contribution in [2.75, 3.05) is 19.6 Å². The second-order valence-electron chi connectivity index (χ2n) is 5.90. The summed E-state index contributed by atoms with van der Waals surface area (Å²) in [5, 5.41) is 9.42. The van der Waals surface area contributed by atoms with E-state index < -0.39 is 12.1 Å². The first-order chi connectivity index (χ1) is 11.9. The molecule has 1 atom stereocenters. The fourth-order valence-electron chi connectivity index (χ4n) is 2.68. The minimum atomic E-state index is -4.68. The summed E-state index contributed by atoms with van der Waals surface area (Å²) in [7, 11) is 0. The van der Waals surface area contributed by atoms with Gasteiger partial charge in [-0.15, -0.1) is 0 Å². The smallest absolute Gasteiger partial charge is 0.352 e. The van der Waals surface area contributed by atoms with Crippen molar-refractivity contribution in [1.82, 2.24) is 20.8 Å². The molecule has 1 fully saturated rings. The van der Waals surface area contributed by atoms with E-state index in [0.717, 1.165) is 25.9 Å². The Morgan fingerprint density at radius 3 is 2.68 bits per heavy atom. The zero-order valence-corrected chi connectivity index (χ0v) is 13.3. The van der Waals surface area contributed by atoms with Crippen LogP contribution in [-0.4, -0.2) is 35.7 Å². The number of halogens is 3. The molecule has 2 heterocycles. The molecule has 1 aliphatic rings. The predicted molar refractivity (Wildman–Crippen MR) is 82.7 cm³/mol. The molecule has 1 amide bonds. The molecule has 1 aromatic heterocycles.